The fourth-order valence-electron chi connectivity index (χ4n) is 0. The molecule has 55 valence electrons. The van der Waals surface area contributed by atoms with E-state index in [2.05, 4.69) is 54.7 Å². The van der Waals surface area contributed by atoms with Crippen molar-refractivity contribution < 1.29 is 10.1 Å². The average molecular weight is 398 g/mol. The van der Waals surface area contributed by atoms with Gasteiger partial charge in [-0.1, -0.05) is 13.3 Å². The number of halogens is 3. The van der Waals surface area contributed by atoms with E-state index in [0.717, 1.165) is 6.42 Å². The Bertz CT molecular complexity index is 27.7. The van der Waals surface area contributed by atoms with Crippen LogP contribution in [0.5, 0.6) is 0 Å². The van der Waals surface area contributed by atoms with E-state index in [9.17, 15) is 0 Å². The molecule has 8 heavy (non-hydrogen) atoms. The molecule has 0 aromatic carbocycles. The van der Waals surface area contributed by atoms with Crippen LogP contribution < -0.4 is 0 Å². The standard InChI is InChI=1S/C4H9.3BrH.Ru/c1-3-4-2;;;;/h1,3-4H2,2H3;3*1H;/q-1;;;;+3/p-3. The Kier molecular flexibility index (Phi) is 18.8. The van der Waals surface area contributed by atoms with Gasteiger partial charge in [-0.15, -0.1) is 0 Å². The van der Waals surface area contributed by atoms with Crippen molar-refractivity contribution in [3.8, 4) is 0 Å². The fraction of sp³-hybridized carbons (Fsp3) is 0.750. The minimum Gasteiger partial charge on any atom is -0.343 e. The topological polar surface area (TPSA) is 0 Å². The third kappa shape index (κ3) is 42.9. The molecule has 0 bridgehead atoms. The summed E-state index contributed by atoms with van der Waals surface area (Å²) in [6, 6.07) is 0. The summed E-state index contributed by atoms with van der Waals surface area (Å²) in [6.45, 7) is 5.72. The Balaban J connectivity index is 0. The molecule has 0 fully saturated rings. The predicted molar refractivity (Wildman–Crippen MR) is 47.0 cm³/mol. The van der Waals surface area contributed by atoms with Gasteiger partial charge in [0.1, 0.15) is 0 Å². The Hall–Kier alpha value is 2.06. The third-order valence-corrected chi connectivity index (χ3v) is 0.354. The zero-order chi connectivity index (χ0) is 6.99. The van der Waals surface area contributed by atoms with Crippen molar-refractivity contribution in [2.24, 2.45) is 0 Å². The number of rotatable bonds is 1. The van der Waals surface area contributed by atoms with Gasteiger partial charge in [0.25, 0.3) is 0 Å². The Morgan fingerprint density at radius 3 is 1.50 bits per heavy atom. The molecule has 0 saturated carbocycles. The number of hydrogen-bond acceptors (Lipinski definition) is 0. The van der Waals surface area contributed by atoms with Gasteiger partial charge in [0.15, 0.2) is 0 Å². The normalized spacial score (nSPS) is 9.38. The number of hydrogen-bond donors (Lipinski definition) is 0. The van der Waals surface area contributed by atoms with Crippen LogP contribution in [-0.4, -0.2) is 0 Å². The maximum Gasteiger partial charge on any atom is -0.0678 e. The molecule has 0 rings (SSSR count). The van der Waals surface area contributed by atoms with Crippen LogP contribution in [-0.2, 0) is 10.1 Å². The van der Waals surface area contributed by atoms with E-state index >= 15 is 0 Å². The van der Waals surface area contributed by atoms with Crippen LogP contribution in [0.3, 0.4) is 0 Å². The summed E-state index contributed by atoms with van der Waals surface area (Å²) < 4.78 is 0. The zero-order valence-corrected chi connectivity index (χ0v) is 11.1. The largest absolute Gasteiger partial charge is 0.343 e. The zero-order valence-electron chi connectivity index (χ0n) is 4.61. The molecule has 0 saturated heterocycles. The molecule has 4 heteroatoms. The fourth-order valence-corrected chi connectivity index (χ4v) is 0. The van der Waals surface area contributed by atoms with Crippen molar-refractivity contribution in [2.75, 3.05) is 0 Å². The van der Waals surface area contributed by atoms with E-state index < -0.39 is 10.1 Å². The van der Waals surface area contributed by atoms with Gasteiger partial charge in [-0.25, -0.2) is 0 Å². The molecule has 0 aliphatic carbocycles. The Morgan fingerprint density at radius 2 is 1.50 bits per heavy atom. The summed E-state index contributed by atoms with van der Waals surface area (Å²) in [6.07, 6.45) is 2.28. The van der Waals surface area contributed by atoms with Gasteiger partial charge in [0.05, 0.1) is 0 Å². The summed E-state index contributed by atoms with van der Waals surface area (Å²) >= 11 is 9.74. The molecule has 0 unspecified atom stereocenters. The molecule has 0 nitrogen and oxygen atoms in total. The summed E-state index contributed by atoms with van der Waals surface area (Å²) in [5.41, 5.74) is 0. The average Bonchev–Trinajstić information content (AvgIpc) is 1.65. The van der Waals surface area contributed by atoms with Gasteiger partial charge in [0.2, 0.25) is 0 Å². The minimum atomic E-state index is -0.732. The summed E-state index contributed by atoms with van der Waals surface area (Å²) in [4.78, 5) is 0. The van der Waals surface area contributed by atoms with Crippen LogP contribution in [0, 0.1) is 6.92 Å². The molecule has 0 N–H and O–H groups in total. The summed E-state index contributed by atoms with van der Waals surface area (Å²) in [5.74, 6) is 0. The molecule has 0 aromatic rings. The van der Waals surface area contributed by atoms with Gasteiger partial charge in [-0.2, -0.15) is 6.42 Å². The second-order valence-corrected chi connectivity index (χ2v) is 25.1. The van der Waals surface area contributed by atoms with Crippen LogP contribution >= 0.6 is 40.9 Å². The first kappa shape index (κ1) is 12.7. The SMILES string of the molecule is [Br][Ru]([Br])[Br].[CH2-]CCC. The molecule has 0 spiro atoms. The number of unbranched alkanes of at least 4 members (excludes halogenated alkanes) is 1. The van der Waals surface area contributed by atoms with E-state index in [0.29, 0.717) is 0 Å². The summed E-state index contributed by atoms with van der Waals surface area (Å²) in [5, 5.41) is 0. The third-order valence-electron chi connectivity index (χ3n) is 0.354. The van der Waals surface area contributed by atoms with E-state index in [1.54, 1.807) is 0 Å². The van der Waals surface area contributed by atoms with Crippen molar-refractivity contribution in [3.05, 3.63) is 6.92 Å². The predicted octanol–water partition coefficient (Wildman–Crippen LogP) is 4.15. The maximum atomic E-state index is 3.60. The van der Waals surface area contributed by atoms with Gasteiger partial charge in [-0.05, 0) is 0 Å². The van der Waals surface area contributed by atoms with Crippen molar-refractivity contribution in [1.29, 1.82) is 0 Å². The first-order valence-corrected chi connectivity index (χ1v) is 14.0. The molecular formula is C4H9Br3Ru-. The van der Waals surface area contributed by atoms with Crippen LogP contribution in [0.2, 0.25) is 0 Å². The quantitative estimate of drug-likeness (QED) is 0.460. The molecule has 0 radical (unpaired) electrons. The second kappa shape index (κ2) is 11.8. The monoisotopic (exact) mass is 396 g/mol. The van der Waals surface area contributed by atoms with E-state index in [1.807, 2.05) is 0 Å². The van der Waals surface area contributed by atoms with E-state index in [1.165, 1.54) is 6.42 Å². The van der Waals surface area contributed by atoms with Crippen molar-refractivity contribution >= 4 is 40.9 Å². The van der Waals surface area contributed by atoms with Crippen molar-refractivity contribution in [2.45, 2.75) is 19.8 Å². The van der Waals surface area contributed by atoms with Crippen molar-refractivity contribution in [1.82, 2.24) is 0 Å². The Labute approximate surface area is 76.8 Å². The molecular weight excluding hydrogens is 389 g/mol. The first-order valence-electron chi connectivity index (χ1n) is 2.11. The van der Waals surface area contributed by atoms with Gasteiger partial charge in [0, 0.05) is 0 Å². The minimum absolute atomic E-state index is 0.732. The van der Waals surface area contributed by atoms with Gasteiger partial charge in [-0.3, -0.25) is 0 Å². The smallest absolute Gasteiger partial charge is 0.0678 e. The summed E-state index contributed by atoms with van der Waals surface area (Å²) in [7, 11) is -0.732. The first-order chi connectivity index (χ1) is 3.65. The van der Waals surface area contributed by atoms with Crippen LogP contribution in [0.15, 0.2) is 0 Å². The molecule has 0 aliphatic heterocycles. The van der Waals surface area contributed by atoms with Gasteiger partial charge >= 0.3 is 50.9 Å². The second-order valence-electron chi connectivity index (χ2n) is 1.01. The molecule has 0 amide bonds. The maximum absolute atomic E-state index is 3.60. The van der Waals surface area contributed by atoms with Gasteiger partial charge < -0.3 is 6.92 Å². The van der Waals surface area contributed by atoms with E-state index in [-0.39, 0.29) is 0 Å². The van der Waals surface area contributed by atoms with Crippen LogP contribution in [0.25, 0.3) is 0 Å². The van der Waals surface area contributed by atoms with Crippen molar-refractivity contribution in [3.63, 3.8) is 0 Å². The van der Waals surface area contributed by atoms with Crippen LogP contribution in [0.1, 0.15) is 19.8 Å². The van der Waals surface area contributed by atoms with Crippen LogP contribution in [0.4, 0.5) is 0 Å². The Morgan fingerprint density at radius 1 is 1.38 bits per heavy atom. The molecule has 0 aromatic heterocycles. The molecule has 0 atom stereocenters. The molecule has 0 aliphatic rings. The van der Waals surface area contributed by atoms with E-state index in [4.69, 9.17) is 0 Å². The molecule has 0 heterocycles.